The number of amides is 2. The molecule has 2 aliphatic heterocycles. The summed E-state index contributed by atoms with van der Waals surface area (Å²) in [6.45, 7) is 5.27. The van der Waals surface area contributed by atoms with Crippen LogP contribution in [0.3, 0.4) is 0 Å². The van der Waals surface area contributed by atoms with Gasteiger partial charge in [-0.2, -0.15) is 0 Å². The molecule has 122 valence electrons. The van der Waals surface area contributed by atoms with E-state index in [1.807, 2.05) is 0 Å². The van der Waals surface area contributed by atoms with Crippen molar-refractivity contribution in [3.63, 3.8) is 0 Å². The van der Waals surface area contributed by atoms with Gasteiger partial charge in [-0.3, -0.25) is 10.1 Å². The van der Waals surface area contributed by atoms with Crippen LogP contribution in [0.25, 0.3) is 0 Å². The van der Waals surface area contributed by atoms with E-state index < -0.39 is 29.7 Å². The molecule has 3 rings (SSSR count). The molecule has 1 saturated heterocycles. The summed E-state index contributed by atoms with van der Waals surface area (Å²) in [7, 11) is 1.54. The van der Waals surface area contributed by atoms with Crippen molar-refractivity contribution in [2.24, 2.45) is 5.92 Å². The van der Waals surface area contributed by atoms with Crippen LogP contribution in [0.15, 0.2) is 30.9 Å². The first-order chi connectivity index (χ1) is 11.0. The molecule has 7 heteroatoms. The predicted octanol–water partition coefficient (Wildman–Crippen LogP) is 1.50. The van der Waals surface area contributed by atoms with Crippen LogP contribution in [-0.2, 0) is 9.53 Å². The Kier molecular flexibility index (Phi) is 3.63. The van der Waals surface area contributed by atoms with E-state index in [1.165, 1.54) is 13.2 Å². The van der Waals surface area contributed by atoms with Crippen LogP contribution in [-0.4, -0.2) is 31.4 Å². The van der Waals surface area contributed by atoms with E-state index in [4.69, 9.17) is 14.2 Å². The highest BCUT2D eigenvalue weighted by molar-refractivity contribution is 5.84. The number of rotatable bonds is 4. The number of urea groups is 1. The number of fused-ring (bicyclic) bond motifs is 4. The molecule has 1 fully saturated rings. The summed E-state index contributed by atoms with van der Waals surface area (Å²) in [5.74, 6) is -0.171. The molecule has 2 N–H and O–H groups in total. The summed E-state index contributed by atoms with van der Waals surface area (Å²) in [5.41, 5.74) is -0.551. The van der Waals surface area contributed by atoms with Crippen LogP contribution in [0.5, 0.6) is 11.5 Å². The van der Waals surface area contributed by atoms with Gasteiger partial charge in [-0.25, -0.2) is 4.79 Å². The Hall–Kier alpha value is -2.70. The lowest BCUT2D eigenvalue weighted by atomic mass is 9.80. The first-order valence-corrected chi connectivity index (χ1v) is 7.22. The van der Waals surface area contributed by atoms with Gasteiger partial charge in [0.05, 0.1) is 13.2 Å². The second kappa shape index (κ2) is 5.49. The predicted molar refractivity (Wildman–Crippen MR) is 81.1 cm³/mol. The normalized spacial score (nSPS) is 27.7. The van der Waals surface area contributed by atoms with Crippen molar-refractivity contribution in [2.75, 3.05) is 13.7 Å². The Balaban J connectivity index is 2.07. The number of hydrogen-bond acceptors (Lipinski definition) is 5. The van der Waals surface area contributed by atoms with Crippen molar-refractivity contribution in [3.05, 3.63) is 36.4 Å². The number of esters is 1. The fraction of sp³-hybridized carbons (Fsp3) is 0.375. The van der Waals surface area contributed by atoms with E-state index in [-0.39, 0.29) is 6.61 Å². The first kappa shape index (κ1) is 15.2. The number of ether oxygens (including phenoxy) is 3. The quantitative estimate of drug-likeness (QED) is 0.649. The van der Waals surface area contributed by atoms with Crippen LogP contribution in [0.2, 0.25) is 0 Å². The smallest absolute Gasteiger partial charge is 0.318 e. The summed E-state index contributed by atoms with van der Waals surface area (Å²) in [4.78, 5) is 24.4. The molecule has 0 spiro atoms. The zero-order chi connectivity index (χ0) is 16.6. The highest BCUT2D eigenvalue weighted by Gasteiger charge is 2.57. The third-order valence-corrected chi connectivity index (χ3v) is 4.05. The Morgan fingerprint density at radius 2 is 2.30 bits per heavy atom. The maximum atomic E-state index is 12.5. The minimum Gasteiger partial charge on any atom is -0.493 e. The van der Waals surface area contributed by atoms with Gasteiger partial charge in [0.1, 0.15) is 12.5 Å². The average molecular weight is 318 g/mol. The SMILES string of the molecule is C=CCOC(=O)[C@@H]1[C@H]2NC(=O)N[C@@]1(C)Oc1c(OC)cccc12. The molecule has 0 aliphatic carbocycles. The standard InChI is InChI=1S/C16H18N2O5/c1-4-8-22-14(19)11-12-9-6-5-7-10(21-3)13(9)23-16(11,2)18-15(20)17-12/h4-7,11-12H,1,8H2,2-3H3,(H2,17,18,20)/t11-,12-,16-/m0/s1. The molecule has 23 heavy (non-hydrogen) atoms. The number of methoxy groups -OCH3 is 1. The van der Waals surface area contributed by atoms with Crippen LogP contribution >= 0.6 is 0 Å². The van der Waals surface area contributed by atoms with Crippen LogP contribution in [0.4, 0.5) is 4.79 Å². The van der Waals surface area contributed by atoms with Gasteiger partial charge in [0, 0.05) is 5.56 Å². The molecular weight excluding hydrogens is 300 g/mol. The molecule has 0 radical (unpaired) electrons. The highest BCUT2D eigenvalue weighted by atomic mass is 16.6. The minimum absolute atomic E-state index is 0.0943. The number of para-hydroxylation sites is 1. The minimum atomic E-state index is -1.23. The van der Waals surface area contributed by atoms with Crippen LogP contribution < -0.4 is 20.1 Å². The number of hydrogen-bond donors (Lipinski definition) is 2. The molecule has 0 aromatic heterocycles. The van der Waals surface area contributed by atoms with E-state index in [2.05, 4.69) is 17.2 Å². The molecule has 7 nitrogen and oxygen atoms in total. The van der Waals surface area contributed by atoms with Gasteiger partial charge in [-0.15, -0.1) is 0 Å². The van der Waals surface area contributed by atoms with Gasteiger partial charge in [-0.1, -0.05) is 24.8 Å². The summed E-state index contributed by atoms with van der Waals surface area (Å²) in [6, 6.07) is 4.37. The average Bonchev–Trinajstić information content (AvgIpc) is 2.50. The fourth-order valence-corrected chi connectivity index (χ4v) is 3.08. The summed E-state index contributed by atoms with van der Waals surface area (Å²) >= 11 is 0. The number of carbonyl (C=O) groups is 2. The molecule has 2 amide bonds. The second-order valence-electron chi connectivity index (χ2n) is 5.56. The fourth-order valence-electron chi connectivity index (χ4n) is 3.08. The Morgan fingerprint density at radius 3 is 3.00 bits per heavy atom. The monoisotopic (exact) mass is 318 g/mol. The molecule has 1 aromatic rings. The topological polar surface area (TPSA) is 85.9 Å². The number of nitrogens with one attached hydrogen (secondary N) is 2. The maximum Gasteiger partial charge on any atom is 0.318 e. The maximum absolute atomic E-state index is 12.5. The molecule has 1 aromatic carbocycles. The van der Waals surface area contributed by atoms with Crippen molar-refractivity contribution in [1.82, 2.24) is 10.6 Å². The zero-order valence-electron chi connectivity index (χ0n) is 12.9. The number of carbonyl (C=O) groups excluding carboxylic acids is 2. The van der Waals surface area contributed by atoms with Gasteiger partial charge in [0.25, 0.3) is 0 Å². The molecule has 2 heterocycles. The number of benzene rings is 1. The molecular formula is C16H18N2O5. The Morgan fingerprint density at radius 1 is 1.52 bits per heavy atom. The molecule has 2 bridgehead atoms. The third kappa shape index (κ3) is 2.38. The van der Waals surface area contributed by atoms with E-state index in [1.54, 1.807) is 25.1 Å². The summed E-state index contributed by atoms with van der Waals surface area (Å²) in [5, 5.41) is 5.44. The van der Waals surface area contributed by atoms with E-state index in [0.717, 1.165) is 0 Å². The third-order valence-electron chi connectivity index (χ3n) is 4.05. The van der Waals surface area contributed by atoms with Gasteiger partial charge in [0.15, 0.2) is 17.2 Å². The van der Waals surface area contributed by atoms with Gasteiger partial charge in [0.2, 0.25) is 0 Å². The van der Waals surface area contributed by atoms with Gasteiger partial charge < -0.3 is 19.5 Å². The van der Waals surface area contributed by atoms with Crippen LogP contribution in [0, 0.1) is 5.92 Å². The van der Waals surface area contributed by atoms with Crippen molar-refractivity contribution in [2.45, 2.75) is 18.7 Å². The summed E-state index contributed by atoms with van der Waals surface area (Å²) in [6.07, 6.45) is 1.49. The highest BCUT2D eigenvalue weighted by Crippen LogP contribution is 2.48. The lowest BCUT2D eigenvalue weighted by Gasteiger charge is -2.49. The van der Waals surface area contributed by atoms with Crippen LogP contribution in [0.1, 0.15) is 18.5 Å². The van der Waals surface area contributed by atoms with Crippen molar-refractivity contribution >= 4 is 12.0 Å². The van der Waals surface area contributed by atoms with Gasteiger partial charge >= 0.3 is 12.0 Å². The first-order valence-electron chi connectivity index (χ1n) is 7.22. The molecule has 0 saturated carbocycles. The second-order valence-corrected chi connectivity index (χ2v) is 5.56. The Bertz CT molecular complexity index is 674. The van der Waals surface area contributed by atoms with Crippen molar-refractivity contribution < 1.29 is 23.8 Å². The largest absolute Gasteiger partial charge is 0.493 e. The zero-order valence-corrected chi connectivity index (χ0v) is 12.9. The summed E-state index contributed by atoms with van der Waals surface area (Å²) < 4.78 is 16.5. The molecule has 3 atom stereocenters. The van der Waals surface area contributed by atoms with Gasteiger partial charge in [-0.05, 0) is 13.0 Å². The van der Waals surface area contributed by atoms with Crippen molar-refractivity contribution in [3.8, 4) is 11.5 Å². The lowest BCUT2D eigenvalue weighted by molar-refractivity contribution is -0.162. The Labute approximate surface area is 133 Å². The lowest BCUT2D eigenvalue weighted by Crippen LogP contribution is -2.70. The van der Waals surface area contributed by atoms with Crippen molar-refractivity contribution in [1.29, 1.82) is 0 Å². The van der Waals surface area contributed by atoms with E-state index >= 15 is 0 Å². The molecule has 2 aliphatic rings. The molecule has 0 unspecified atom stereocenters. The van der Waals surface area contributed by atoms with E-state index in [9.17, 15) is 9.59 Å². The van der Waals surface area contributed by atoms with E-state index in [0.29, 0.717) is 17.1 Å².